The van der Waals surface area contributed by atoms with E-state index >= 15 is 0 Å². The number of tetrazole rings is 4. The Morgan fingerprint density at radius 3 is 1.22 bits per heavy atom. The molecule has 0 bridgehead atoms. The molecule has 0 aliphatic heterocycles. The van der Waals surface area contributed by atoms with Crippen molar-refractivity contribution in [3.05, 3.63) is 157 Å². The van der Waals surface area contributed by atoms with Crippen LogP contribution in [-0.2, 0) is 82.8 Å². The summed E-state index contributed by atoms with van der Waals surface area (Å²) in [5.41, 5.74) is 2.66. The van der Waals surface area contributed by atoms with Crippen LogP contribution in [0, 0.1) is 5.95 Å². The Balaban J connectivity index is 0.000000138. The standard InChI is InChI=1S/C11H11BrN6O2S.C11H11ClN6O2S.C11H11FN6O2S.C11H12N6O2S/c3*1-16-5-8(18-11(19)17(2)14-15-18)7(9(16)12)6-20-10-13-3-4-21-10;1-15-5-8(7-19-10-12-3-4-20-10)9(6-15)17-11(18)16(2)13-14-17/h3*3-5H,6H2,1-2H3;3-6H,7H2,1-2H3/i4*3T. The lowest BCUT2D eigenvalue weighted by Crippen LogP contribution is -2.22. The van der Waals surface area contributed by atoms with Crippen molar-refractivity contribution in [2.45, 2.75) is 26.4 Å². The minimum Gasteiger partial charge on any atom is -0.465 e. The van der Waals surface area contributed by atoms with E-state index in [2.05, 4.69) is 77.6 Å². The summed E-state index contributed by atoms with van der Waals surface area (Å²) in [4.78, 5) is 63.4. The van der Waals surface area contributed by atoms with E-state index in [1.165, 1.54) is 94.8 Å². The Morgan fingerprint density at radius 1 is 0.470 bits per heavy atom. The maximum atomic E-state index is 14.2. The molecule has 12 rings (SSSR count). The molecule has 12 aromatic rings. The highest BCUT2D eigenvalue weighted by atomic mass is 79.9. The van der Waals surface area contributed by atoms with E-state index in [1.807, 2.05) is 29.4 Å². The van der Waals surface area contributed by atoms with Crippen molar-refractivity contribution in [3.8, 4) is 43.5 Å². The van der Waals surface area contributed by atoms with Crippen LogP contribution in [-0.4, -0.2) is 117 Å². The maximum absolute atomic E-state index is 14.2. The molecule has 0 unspecified atom stereocenters. The van der Waals surface area contributed by atoms with Gasteiger partial charge in [0.1, 0.15) is 31.6 Å². The van der Waals surface area contributed by atoms with Gasteiger partial charge in [-0.05, 0) is 57.6 Å². The molecule has 434 valence electrons. The molecule has 0 saturated heterocycles. The van der Waals surface area contributed by atoms with Crippen molar-refractivity contribution in [1.29, 1.82) is 0 Å². The highest BCUT2D eigenvalue weighted by Gasteiger charge is 2.23. The molecule has 0 aliphatic carbocycles. The molecule has 0 fully saturated rings. The number of aryl methyl sites for hydroxylation is 8. The summed E-state index contributed by atoms with van der Waals surface area (Å²) in [5, 5.41) is 38.0. The van der Waals surface area contributed by atoms with E-state index in [-0.39, 0.29) is 84.6 Å². The Morgan fingerprint density at radius 2 is 0.819 bits per heavy atom. The van der Waals surface area contributed by atoms with E-state index in [1.54, 1.807) is 46.3 Å². The summed E-state index contributed by atoms with van der Waals surface area (Å²) in [5.74, 6) is -0.546. The zero-order chi connectivity index (χ0) is 62.5. The molecule has 39 heteroatoms. The van der Waals surface area contributed by atoms with Crippen molar-refractivity contribution in [2.75, 3.05) is 0 Å². The minimum atomic E-state index is -0.546. The zero-order valence-electron chi connectivity index (χ0n) is 48.3. The molecule has 12 aromatic heterocycles. The zero-order valence-corrected chi connectivity index (χ0v) is 49.9. The Bertz CT molecular complexity index is 4280. The fourth-order valence-electron chi connectivity index (χ4n) is 7.18. The van der Waals surface area contributed by atoms with Gasteiger partial charge in [0.15, 0.2) is 0 Å². The number of hydrogen-bond donors (Lipinski definition) is 0. The van der Waals surface area contributed by atoms with Crippen molar-refractivity contribution in [1.82, 2.24) is 117 Å². The lowest BCUT2D eigenvalue weighted by molar-refractivity contribution is 0.295. The predicted molar refractivity (Wildman–Crippen MR) is 301 cm³/mol. The highest BCUT2D eigenvalue weighted by Crippen LogP contribution is 2.29. The van der Waals surface area contributed by atoms with Gasteiger partial charge in [0.05, 0.1) is 44.0 Å². The van der Waals surface area contributed by atoms with Crippen LogP contribution in [0.25, 0.3) is 22.7 Å². The van der Waals surface area contributed by atoms with E-state index in [0.717, 1.165) is 55.2 Å². The normalized spacial score (nSPS) is 11.7. The molecule has 83 heavy (non-hydrogen) atoms. The fourth-order valence-corrected chi connectivity index (χ4v) is 9.55. The second-order valence-electron chi connectivity index (χ2n) is 16.8. The molecule has 0 spiro atoms. The van der Waals surface area contributed by atoms with Crippen molar-refractivity contribution < 1.29 is 28.8 Å². The van der Waals surface area contributed by atoms with Crippen molar-refractivity contribution >= 4 is 72.9 Å². The smallest absolute Gasteiger partial charge is 0.368 e. The first-order valence-corrected chi connectivity index (χ1v) is 28.0. The number of thiazole rings is 4. The van der Waals surface area contributed by atoms with Crippen LogP contribution >= 0.6 is 72.9 Å². The number of hydrogen-bond acceptors (Lipinski definition) is 24. The first kappa shape index (κ1) is 53.3. The van der Waals surface area contributed by atoms with Crippen LogP contribution in [0.3, 0.4) is 0 Å². The van der Waals surface area contributed by atoms with Gasteiger partial charge in [-0.2, -0.15) is 41.8 Å². The van der Waals surface area contributed by atoms with Crippen LogP contribution in [0.4, 0.5) is 4.39 Å². The summed E-state index contributed by atoms with van der Waals surface area (Å²) in [6.45, 7) is 0.377. The number of aromatic nitrogens is 24. The van der Waals surface area contributed by atoms with Crippen LogP contribution < -0.4 is 41.7 Å². The average molecular weight is 1310 g/mol. The van der Waals surface area contributed by atoms with Crippen LogP contribution in [0.2, 0.25) is 5.15 Å². The van der Waals surface area contributed by atoms with Crippen LogP contribution in [0.15, 0.2) is 101 Å². The molecule has 32 nitrogen and oxygen atoms in total. The van der Waals surface area contributed by atoms with E-state index in [9.17, 15) is 23.6 Å². The number of halogens is 3. The first-order valence-electron chi connectivity index (χ1n) is 25.3. The number of rotatable bonds is 16. The van der Waals surface area contributed by atoms with Gasteiger partial charge in [-0.3, -0.25) is 0 Å². The summed E-state index contributed by atoms with van der Waals surface area (Å²) in [6, 6.07) is 0. The van der Waals surface area contributed by atoms with Gasteiger partial charge >= 0.3 is 22.8 Å². The van der Waals surface area contributed by atoms with E-state index in [4.69, 9.17) is 36.0 Å². The van der Waals surface area contributed by atoms with Gasteiger partial charge in [-0.25, -0.2) is 39.1 Å². The van der Waals surface area contributed by atoms with Gasteiger partial charge in [0.25, 0.3) is 20.8 Å². The van der Waals surface area contributed by atoms with Crippen LogP contribution in [0.1, 0.15) is 27.7 Å². The fraction of sp³-hybridized carbons (Fsp3) is 0.273. The second kappa shape index (κ2) is 25.9. The van der Waals surface area contributed by atoms with Crippen LogP contribution in [0.5, 0.6) is 20.8 Å². The Labute approximate surface area is 499 Å². The predicted octanol–water partition coefficient (Wildman–Crippen LogP) is 2.92. The maximum Gasteiger partial charge on any atom is 0.368 e. The third-order valence-electron chi connectivity index (χ3n) is 11.2. The summed E-state index contributed by atoms with van der Waals surface area (Å²) in [7, 11) is 13.0. The third kappa shape index (κ3) is 13.2. The van der Waals surface area contributed by atoms with Crippen molar-refractivity contribution in [2.24, 2.45) is 56.4 Å². The molecule has 0 atom stereocenters. The Hall–Kier alpha value is -8.98. The summed E-state index contributed by atoms with van der Waals surface area (Å²) < 4.78 is 82.1. The van der Waals surface area contributed by atoms with Gasteiger partial charge < -0.3 is 37.2 Å². The third-order valence-corrected chi connectivity index (χ3v) is 15.3. The lowest BCUT2D eigenvalue weighted by Gasteiger charge is -2.04. The SMILES string of the molecule is [3H]c1csc(OCc2c(-n3nnn(C)c3=O)cn(C)c2Br)n1.[3H]c1csc(OCc2c(-n3nnn(C)c3=O)cn(C)c2Cl)n1.[3H]c1csc(OCc2c(-n3nnn(C)c3=O)cn(C)c2F)n1.[3H]c1csc(OCc2cn(C)cc2-n2nnn(C)c2=O)n1. The molecule has 0 aromatic carbocycles. The first-order chi connectivity index (χ1) is 41.4. The second-order valence-corrected chi connectivity index (χ2v) is 21.2. The summed E-state index contributed by atoms with van der Waals surface area (Å²) in [6.07, 6.45) is 9.04. The molecule has 0 radical (unpaired) electrons. The quantitative estimate of drug-likeness (QED) is 0.134. The molecule has 12 heterocycles. The van der Waals surface area contributed by atoms with Gasteiger partial charge in [-0.1, -0.05) is 56.9 Å². The molecule has 0 aliphatic rings. The van der Waals surface area contributed by atoms with Gasteiger partial charge in [-0.15, -0.1) is 0 Å². The molecule has 0 amide bonds. The number of ether oxygens (including phenoxy) is 4. The van der Waals surface area contributed by atoms with E-state index in [0.29, 0.717) is 43.4 Å². The topological polar surface area (TPSA) is 319 Å². The lowest BCUT2D eigenvalue weighted by atomic mass is 10.3. The molecule has 0 saturated carbocycles. The van der Waals surface area contributed by atoms with Gasteiger partial charge in [0.2, 0.25) is 5.95 Å². The van der Waals surface area contributed by atoms with Gasteiger partial charge in [0, 0.05) is 145 Å². The Kier molecular flexibility index (Phi) is 16.6. The minimum absolute atomic E-state index is 0.0823. The van der Waals surface area contributed by atoms with Crippen molar-refractivity contribution in [3.63, 3.8) is 0 Å². The highest BCUT2D eigenvalue weighted by molar-refractivity contribution is 9.10. The molecular weight excluding hydrogens is 1260 g/mol. The summed E-state index contributed by atoms with van der Waals surface area (Å²) >= 11 is 14.6. The average Bonchev–Trinajstić information content (AvgIpc) is 2.04. The number of nitrogens with zero attached hydrogens (tertiary/aromatic N) is 24. The largest absolute Gasteiger partial charge is 0.465 e. The molecular formula is C44H45BrClFN24O8S4. The molecule has 0 N–H and O–H groups in total. The van der Waals surface area contributed by atoms with E-state index < -0.39 is 11.6 Å². The monoisotopic (exact) mass is 1310 g/mol.